The summed E-state index contributed by atoms with van der Waals surface area (Å²) in [6, 6.07) is 13.6. The second-order valence-electron chi connectivity index (χ2n) is 9.28. The van der Waals surface area contributed by atoms with Gasteiger partial charge >= 0.3 is 0 Å². The minimum atomic E-state index is -0.810. The molecule has 1 saturated carbocycles. The van der Waals surface area contributed by atoms with Gasteiger partial charge in [0.15, 0.2) is 0 Å². The van der Waals surface area contributed by atoms with Gasteiger partial charge in [-0.05, 0) is 62.4 Å². The van der Waals surface area contributed by atoms with Crippen LogP contribution in [0.3, 0.4) is 0 Å². The maximum atomic E-state index is 13.1. The molecule has 32 heavy (non-hydrogen) atoms. The average molecular weight is 433 g/mol. The zero-order chi connectivity index (χ0) is 22.7. The lowest BCUT2D eigenvalue weighted by Crippen LogP contribution is -2.39. The molecule has 3 aromatic rings. The van der Waals surface area contributed by atoms with Crippen LogP contribution in [0.15, 0.2) is 53.5 Å². The van der Waals surface area contributed by atoms with Crippen molar-refractivity contribution in [3.05, 3.63) is 75.7 Å². The summed E-state index contributed by atoms with van der Waals surface area (Å²) in [5.74, 6) is -0.0711. The molecule has 1 aliphatic carbocycles. The second-order valence-corrected chi connectivity index (χ2v) is 9.28. The van der Waals surface area contributed by atoms with E-state index in [4.69, 9.17) is 0 Å². The molecule has 1 aliphatic rings. The first kappa shape index (κ1) is 22.3. The number of aliphatic hydroxyl groups is 1. The number of nitrogens with zero attached hydrogens (tertiary/aromatic N) is 1. The number of amides is 1. The monoisotopic (exact) mass is 432 g/mol. The van der Waals surface area contributed by atoms with E-state index in [0.717, 1.165) is 37.5 Å². The van der Waals surface area contributed by atoms with Crippen molar-refractivity contribution in [3.8, 4) is 0 Å². The molecule has 2 aromatic carbocycles. The first-order valence-electron chi connectivity index (χ1n) is 11.6. The fraction of sp³-hybridized carbons (Fsp3) is 0.407. The highest BCUT2D eigenvalue weighted by Gasteiger charge is 2.30. The molecular weight excluding hydrogens is 400 g/mol. The third-order valence-corrected chi connectivity index (χ3v) is 6.66. The van der Waals surface area contributed by atoms with Crippen molar-refractivity contribution in [3.63, 3.8) is 0 Å². The number of fused-ring (bicyclic) bond motifs is 1. The second kappa shape index (κ2) is 9.29. The van der Waals surface area contributed by atoms with Crippen LogP contribution in [0.1, 0.15) is 55.2 Å². The Bertz CT molecular complexity index is 1190. The SMILES string of the molecule is Cc1ccc(CCC(=O)Nc2cccc3c(=O)n(CC4(O)CCCCC4)ccc23)c(C)c1. The van der Waals surface area contributed by atoms with Gasteiger partial charge in [0.05, 0.1) is 12.1 Å². The van der Waals surface area contributed by atoms with Crippen LogP contribution >= 0.6 is 0 Å². The molecule has 1 fully saturated rings. The number of nitrogens with one attached hydrogen (secondary N) is 1. The molecule has 0 spiro atoms. The maximum absolute atomic E-state index is 13.1. The number of carbonyl (C=O) groups is 1. The average Bonchev–Trinajstić information content (AvgIpc) is 2.76. The minimum Gasteiger partial charge on any atom is -0.388 e. The molecule has 0 aliphatic heterocycles. The smallest absolute Gasteiger partial charge is 0.258 e. The van der Waals surface area contributed by atoms with Gasteiger partial charge in [-0.2, -0.15) is 0 Å². The van der Waals surface area contributed by atoms with E-state index in [0.29, 0.717) is 30.5 Å². The summed E-state index contributed by atoms with van der Waals surface area (Å²) in [5.41, 5.74) is 3.29. The largest absolute Gasteiger partial charge is 0.388 e. The predicted molar refractivity (Wildman–Crippen MR) is 129 cm³/mol. The summed E-state index contributed by atoms with van der Waals surface area (Å²) < 4.78 is 1.61. The summed E-state index contributed by atoms with van der Waals surface area (Å²) >= 11 is 0. The van der Waals surface area contributed by atoms with E-state index >= 15 is 0 Å². The Morgan fingerprint density at radius 1 is 1.06 bits per heavy atom. The molecule has 0 atom stereocenters. The van der Waals surface area contributed by atoms with Gasteiger partial charge in [0.25, 0.3) is 5.56 Å². The lowest BCUT2D eigenvalue weighted by atomic mass is 9.85. The molecule has 1 amide bonds. The highest BCUT2D eigenvalue weighted by Crippen LogP contribution is 2.29. The van der Waals surface area contributed by atoms with E-state index < -0.39 is 5.60 Å². The zero-order valence-corrected chi connectivity index (χ0v) is 19.0. The van der Waals surface area contributed by atoms with Crippen LogP contribution in [0.4, 0.5) is 5.69 Å². The topological polar surface area (TPSA) is 71.3 Å². The van der Waals surface area contributed by atoms with E-state index in [1.807, 2.05) is 12.1 Å². The van der Waals surface area contributed by atoms with Gasteiger partial charge in [-0.15, -0.1) is 0 Å². The van der Waals surface area contributed by atoms with Gasteiger partial charge < -0.3 is 15.0 Å². The number of pyridine rings is 1. The van der Waals surface area contributed by atoms with Gasteiger partial charge in [0, 0.05) is 29.1 Å². The van der Waals surface area contributed by atoms with Crippen LogP contribution in [-0.4, -0.2) is 21.2 Å². The van der Waals surface area contributed by atoms with Crippen LogP contribution in [0.2, 0.25) is 0 Å². The third-order valence-electron chi connectivity index (χ3n) is 6.66. The van der Waals surface area contributed by atoms with Crippen molar-refractivity contribution in [2.75, 3.05) is 5.32 Å². The molecule has 1 heterocycles. The number of hydrogen-bond donors (Lipinski definition) is 2. The Morgan fingerprint density at radius 2 is 1.84 bits per heavy atom. The Kier molecular flexibility index (Phi) is 6.47. The van der Waals surface area contributed by atoms with E-state index in [1.165, 1.54) is 16.7 Å². The Hall–Kier alpha value is -2.92. The van der Waals surface area contributed by atoms with Crippen LogP contribution in [-0.2, 0) is 17.8 Å². The molecular formula is C27H32N2O3. The number of rotatable bonds is 6. The third kappa shape index (κ3) is 4.94. The summed E-state index contributed by atoms with van der Waals surface area (Å²) in [6.45, 7) is 4.45. The first-order valence-corrected chi connectivity index (χ1v) is 11.6. The van der Waals surface area contributed by atoms with Crippen molar-refractivity contribution in [1.82, 2.24) is 4.57 Å². The summed E-state index contributed by atoms with van der Waals surface area (Å²) in [4.78, 5) is 25.7. The van der Waals surface area contributed by atoms with Gasteiger partial charge in [0.2, 0.25) is 5.91 Å². The Balaban J connectivity index is 1.50. The number of anilines is 1. The van der Waals surface area contributed by atoms with Crippen molar-refractivity contribution < 1.29 is 9.90 Å². The first-order chi connectivity index (χ1) is 15.3. The minimum absolute atomic E-state index is 0.0711. The fourth-order valence-corrected chi connectivity index (χ4v) is 4.82. The molecule has 5 heteroatoms. The van der Waals surface area contributed by atoms with Crippen LogP contribution in [0.25, 0.3) is 10.8 Å². The lowest BCUT2D eigenvalue weighted by molar-refractivity contribution is -0.116. The van der Waals surface area contributed by atoms with E-state index in [-0.39, 0.29) is 11.5 Å². The summed E-state index contributed by atoms with van der Waals surface area (Å²) in [6.07, 6.45) is 7.39. The molecule has 1 aromatic heterocycles. The van der Waals surface area contributed by atoms with E-state index in [1.54, 1.807) is 22.9 Å². The highest BCUT2D eigenvalue weighted by molar-refractivity contribution is 6.01. The number of benzene rings is 2. The molecule has 0 bridgehead atoms. The highest BCUT2D eigenvalue weighted by atomic mass is 16.3. The number of carbonyl (C=O) groups excluding carboxylic acids is 1. The summed E-state index contributed by atoms with van der Waals surface area (Å²) in [7, 11) is 0. The molecule has 2 N–H and O–H groups in total. The van der Waals surface area contributed by atoms with Crippen molar-refractivity contribution in [1.29, 1.82) is 0 Å². The number of aryl methyl sites for hydroxylation is 3. The van der Waals surface area contributed by atoms with E-state index in [9.17, 15) is 14.7 Å². The van der Waals surface area contributed by atoms with Gasteiger partial charge in [-0.1, -0.05) is 49.1 Å². The molecule has 0 unspecified atom stereocenters. The molecule has 168 valence electrons. The normalized spacial score (nSPS) is 15.6. The summed E-state index contributed by atoms with van der Waals surface area (Å²) in [5, 5.41) is 15.1. The number of hydrogen-bond acceptors (Lipinski definition) is 3. The quantitative estimate of drug-likeness (QED) is 0.583. The molecule has 4 rings (SSSR count). The van der Waals surface area contributed by atoms with Gasteiger partial charge in [-0.3, -0.25) is 9.59 Å². The van der Waals surface area contributed by atoms with Crippen molar-refractivity contribution >= 4 is 22.4 Å². The predicted octanol–water partition coefficient (Wildman–Crippen LogP) is 4.88. The van der Waals surface area contributed by atoms with E-state index in [2.05, 4.69) is 37.4 Å². The molecule has 0 radical (unpaired) electrons. The van der Waals surface area contributed by atoms with Crippen molar-refractivity contribution in [2.45, 2.75) is 70.9 Å². The fourth-order valence-electron chi connectivity index (χ4n) is 4.82. The Labute approximate surface area is 189 Å². The Morgan fingerprint density at radius 3 is 2.59 bits per heavy atom. The van der Waals surface area contributed by atoms with Crippen molar-refractivity contribution in [2.24, 2.45) is 0 Å². The van der Waals surface area contributed by atoms with Crippen LogP contribution < -0.4 is 10.9 Å². The van der Waals surface area contributed by atoms with Crippen LogP contribution in [0, 0.1) is 13.8 Å². The van der Waals surface area contributed by atoms with Gasteiger partial charge in [-0.25, -0.2) is 0 Å². The number of aromatic nitrogens is 1. The zero-order valence-electron chi connectivity index (χ0n) is 19.0. The lowest BCUT2D eigenvalue weighted by Gasteiger charge is -2.32. The molecule has 5 nitrogen and oxygen atoms in total. The van der Waals surface area contributed by atoms with Gasteiger partial charge in [0.1, 0.15) is 0 Å². The van der Waals surface area contributed by atoms with Crippen LogP contribution in [0.5, 0.6) is 0 Å². The maximum Gasteiger partial charge on any atom is 0.258 e. The standard InChI is InChI=1S/C27H32N2O3/c1-19-9-10-21(20(2)17-19)11-12-25(30)28-24-8-6-7-23-22(24)13-16-29(26(23)31)18-27(32)14-4-3-5-15-27/h6-10,13,16-17,32H,3-5,11-12,14-15,18H2,1-2H3,(H,28,30). The molecule has 0 saturated heterocycles.